The molecule has 0 atom stereocenters. The molecule has 0 aliphatic carbocycles. The Bertz CT molecular complexity index is 581. The molecule has 0 bridgehead atoms. The highest BCUT2D eigenvalue weighted by Gasteiger charge is 2.22. The van der Waals surface area contributed by atoms with Crippen molar-refractivity contribution in [3.63, 3.8) is 0 Å². The van der Waals surface area contributed by atoms with Crippen LogP contribution in [0.15, 0.2) is 29.3 Å². The molecule has 0 radical (unpaired) electrons. The highest BCUT2D eigenvalue weighted by molar-refractivity contribution is 5.80. The van der Waals surface area contributed by atoms with Gasteiger partial charge in [0.05, 0.1) is 6.54 Å². The summed E-state index contributed by atoms with van der Waals surface area (Å²) in [7, 11) is 3.50. The Morgan fingerprint density at radius 3 is 2.76 bits per heavy atom. The third kappa shape index (κ3) is 6.29. The number of guanidine groups is 1. The SMILES string of the molecule is CN=C(NCCOc1cccc(C)c1)N1CCC(CC(=O)NC)CC1. The summed E-state index contributed by atoms with van der Waals surface area (Å²) in [6.07, 6.45) is 2.67. The maximum atomic E-state index is 11.5. The highest BCUT2D eigenvalue weighted by Crippen LogP contribution is 2.20. The van der Waals surface area contributed by atoms with Crippen LogP contribution in [0.2, 0.25) is 0 Å². The number of hydrogen-bond acceptors (Lipinski definition) is 3. The summed E-state index contributed by atoms with van der Waals surface area (Å²) in [6.45, 7) is 5.22. The minimum Gasteiger partial charge on any atom is -0.492 e. The number of rotatable bonds is 6. The highest BCUT2D eigenvalue weighted by atomic mass is 16.5. The first kappa shape index (κ1) is 19.1. The number of carbonyl (C=O) groups excluding carboxylic acids is 1. The molecule has 1 amide bonds. The van der Waals surface area contributed by atoms with Crippen molar-refractivity contribution >= 4 is 11.9 Å². The van der Waals surface area contributed by atoms with Gasteiger partial charge in [0.1, 0.15) is 12.4 Å². The first-order chi connectivity index (χ1) is 12.1. The van der Waals surface area contributed by atoms with Gasteiger partial charge in [0.15, 0.2) is 5.96 Å². The molecule has 0 aromatic heterocycles. The molecule has 2 N–H and O–H groups in total. The van der Waals surface area contributed by atoms with Gasteiger partial charge in [-0.25, -0.2) is 0 Å². The Hall–Kier alpha value is -2.24. The lowest BCUT2D eigenvalue weighted by Crippen LogP contribution is -2.46. The van der Waals surface area contributed by atoms with Gasteiger partial charge in [0.2, 0.25) is 5.91 Å². The standard InChI is InChI=1S/C19H30N4O2/c1-15-5-4-6-17(13-15)25-12-9-22-19(21-3)23-10-7-16(8-11-23)14-18(24)20-2/h4-6,13,16H,7-12,14H2,1-3H3,(H,20,24)(H,21,22). The van der Waals surface area contributed by atoms with Crippen molar-refractivity contribution in [3.8, 4) is 5.75 Å². The van der Waals surface area contributed by atoms with Gasteiger partial charge in [-0.05, 0) is 43.4 Å². The van der Waals surface area contributed by atoms with Crippen LogP contribution in [0.1, 0.15) is 24.8 Å². The molecule has 1 fully saturated rings. The molecule has 0 saturated carbocycles. The Kier molecular flexibility index (Phi) is 7.57. The second-order valence-corrected chi connectivity index (χ2v) is 6.45. The van der Waals surface area contributed by atoms with Crippen LogP contribution in [0.25, 0.3) is 0 Å². The third-order valence-corrected chi connectivity index (χ3v) is 4.52. The van der Waals surface area contributed by atoms with E-state index in [1.54, 1.807) is 14.1 Å². The summed E-state index contributed by atoms with van der Waals surface area (Å²) < 4.78 is 5.76. The van der Waals surface area contributed by atoms with Gasteiger partial charge in [0.25, 0.3) is 0 Å². The van der Waals surface area contributed by atoms with E-state index < -0.39 is 0 Å². The van der Waals surface area contributed by atoms with Crippen LogP contribution in [-0.2, 0) is 4.79 Å². The van der Waals surface area contributed by atoms with Crippen LogP contribution in [0, 0.1) is 12.8 Å². The third-order valence-electron chi connectivity index (χ3n) is 4.52. The molecule has 6 nitrogen and oxygen atoms in total. The Balaban J connectivity index is 1.69. The van der Waals surface area contributed by atoms with Gasteiger partial charge in [0, 0.05) is 33.6 Å². The summed E-state index contributed by atoms with van der Waals surface area (Å²) in [4.78, 5) is 18.1. The molecule has 138 valence electrons. The Morgan fingerprint density at radius 1 is 1.36 bits per heavy atom. The quantitative estimate of drug-likeness (QED) is 0.468. The Morgan fingerprint density at radius 2 is 2.12 bits per heavy atom. The molecule has 6 heteroatoms. The van der Waals surface area contributed by atoms with E-state index in [2.05, 4.69) is 33.5 Å². The van der Waals surface area contributed by atoms with Gasteiger partial charge < -0.3 is 20.3 Å². The molecule has 0 spiro atoms. The van der Waals surface area contributed by atoms with Crippen LogP contribution in [0.4, 0.5) is 0 Å². The zero-order valence-corrected chi connectivity index (χ0v) is 15.5. The van der Waals surface area contributed by atoms with Gasteiger partial charge in [-0.1, -0.05) is 12.1 Å². The molecule has 1 aromatic rings. The number of ether oxygens (including phenoxy) is 1. The lowest BCUT2D eigenvalue weighted by Gasteiger charge is -2.34. The molecular formula is C19H30N4O2. The number of likely N-dealkylation sites (tertiary alicyclic amines) is 1. The molecule has 1 heterocycles. The average molecular weight is 346 g/mol. The van der Waals surface area contributed by atoms with E-state index in [1.807, 2.05) is 18.2 Å². The molecule has 0 unspecified atom stereocenters. The average Bonchev–Trinajstić information content (AvgIpc) is 2.63. The molecule has 1 aliphatic heterocycles. The van der Waals surface area contributed by atoms with Crippen molar-refractivity contribution in [3.05, 3.63) is 29.8 Å². The smallest absolute Gasteiger partial charge is 0.220 e. The fraction of sp³-hybridized carbons (Fsp3) is 0.579. The predicted octanol–water partition coefficient (Wildman–Crippen LogP) is 1.80. The summed E-state index contributed by atoms with van der Waals surface area (Å²) in [6, 6.07) is 8.06. The van der Waals surface area contributed by atoms with Crippen LogP contribution < -0.4 is 15.4 Å². The topological polar surface area (TPSA) is 66.0 Å². The van der Waals surface area contributed by atoms with E-state index in [4.69, 9.17) is 4.74 Å². The number of aliphatic imine (C=N–C) groups is 1. The first-order valence-corrected chi connectivity index (χ1v) is 8.98. The lowest BCUT2D eigenvalue weighted by atomic mass is 9.93. The van der Waals surface area contributed by atoms with Crippen LogP contribution in [0.3, 0.4) is 0 Å². The maximum absolute atomic E-state index is 11.5. The van der Waals surface area contributed by atoms with Gasteiger partial charge in [-0.15, -0.1) is 0 Å². The second kappa shape index (κ2) is 9.91. The molecular weight excluding hydrogens is 316 g/mol. The van der Waals surface area contributed by atoms with Crippen molar-refractivity contribution < 1.29 is 9.53 Å². The van der Waals surface area contributed by atoms with E-state index in [9.17, 15) is 4.79 Å². The van der Waals surface area contributed by atoms with Gasteiger partial charge in [-0.2, -0.15) is 0 Å². The van der Waals surface area contributed by atoms with Crippen molar-refractivity contribution in [2.45, 2.75) is 26.2 Å². The summed E-state index contributed by atoms with van der Waals surface area (Å²) in [5.74, 6) is 2.41. The summed E-state index contributed by atoms with van der Waals surface area (Å²) in [5, 5.41) is 6.07. The van der Waals surface area contributed by atoms with Crippen molar-refractivity contribution in [2.24, 2.45) is 10.9 Å². The number of nitrogens with one attached hydrogen (secondary N) is 2. The van der Waals surface area contributed by atoms with E-state index in [1.165, 1.54) is 5.56 Å². The van der Waals surface area contributed by atoms with Gasteiger partial charge in [-0.3, -0.25) is 9.79 Å². The normalized spacial score (nSPS) is 15.8. The summed E-state index contributed by atoms with van der Waals surface area (Å²) >= 11 is 0. The number of aryl methyl sites for hydroxylation is 1. The summed E-state index contributed by atoms with van der Waals surface area (Å²) in [5.41, 5.74) is 1.20. The van der Waals surface area contributed by atoms with Crippen molar-refractivity contribution in [1.29, 1.82) is 0 Å². The Labute approximate surface area is 150 Å². The van der Waals surface area contributed by atoms with E-state index in [0.29, 0.717) is 25.5 Å². The minimum atomic E-state index is 0.134. The fourth-order valence-electron chi connectivity index (χ4n) is 3.08. The molecule has 1 aliphatic rings. The van der Waals surface area contributed by atoms with Crippen LogP contribution >= 0.6 is 0 Å². The zero-order valence-electron chi connectivity index (χ0n) is 15.5. The zero-order chi connectivity index (χ0) is 18.1. The molecule has 25 heavy (non-hydrogen) atoms. The number of piperidine rings is 1. The number of hydrogen-bond donors (Lipinski definition) is 2. The number of amides is 1. The minimum absolute atomic E-state index is 0.134. The largest absolute Gasteiger partial charge is 0.492 e. The second-order valence-electron chi connectivity index (χ2n) is 6.45. The number of carbonyl (C=O) groups is 1. The molecule has 2 rings (SSSR count). The van der Waals surface area contributed by atoms with Crippen LogP contribution in [0.5, 0.6) is 5.75 Å². The monoisotopic (exact) mass is 346 g/mol. The fourth-order valence-corrected chi connectivity index (χ4v) is 3.08. The number of nitrogens with zero attached hydrogens (tertiary/aromatic N) is 2. The van der Waals surface area contributed by atoms with Crippen LogP contribution in [-0.4, -0.2) is 57.1 Å². The van der Waals surface area contributed by atoms with E-state index in [0.717, 1.165) is 37.6 Å². The molecule has 1 aromatic carbocycles. The number of benzene rings is 1. The first-order valence-electron chi connectivity index (χ1n) is 8.98. The van der Waals surface area contributed by atoms with Crippen molar-refractivity contribution in [2.75, 3.05) is 40.3 Å². The van der Waals surface area contributed by atoms with Crippen molar-refractivity contribution in [1.82, 2.24) is 15.5 Å². The van der Waals surface area contributed by atoms with E-state index >= 15 is 0 Å². The predicted molar refractivity (Wildman–Crippen MR) is 101 cm³/mol. The lowest BCUT2D eigenvalue weighted by molar-refractivity contribution is -0.121. The maximum Gasteiger partial charge on any atom is 0.220 e. The molecule has 1 saturated heterocycles. The van der Waals surface area contributed by atoms with E-state index in [-0.39, 0.29) is 5.91 Å². The van der Waals surface area contributed by atoms with Gasteiger partial charge >= 0.3 is 0 Å².